The lowest BCUT2D eigenvalue weighted by molar-refractivity contribution is 0.158. The van der Waals surface area contributed by atoms with Gasteiger partial charge in [0.05, 0.1) is 12.6 Å². The Morgan fingerprint density at radius 3 is 2.83 bits per heavy atom. The molecule has 30 heavy (non-hydrogen) atoms. The highest BCUT2D eigenvalue weighted by Crippen LogP contribution is 2.31. The van der Waals surface area contributed by atoms with Crippen LogP contribution in [0, 0.1) is 6.92 Å². The lowest BCUT2D eigenvalue weighted by Crippen LogP contribution is -2.02. The molecule has 0 atom stereocenters. The van der Waals surface area contributed by atoms with Gasteiger partial charge in [0, 0.05) is 30.6 Å². The Labute approximate surface area is 170 Å². The van der Waals surface area contributed by atoms with Crippen LogP contribution in [0.25, 0.3) is 27.8 Å². The molecular formula is C19H18N8O3. The first-order valence-corrected chi connectivity index (χ1v) is 9.17. The van der Waals surface area contributed by atoms with Crippen LogP contribution in [-0.4, -0.2) is 53.6 Å². The van der Waals surface area contributed by atoms with E-state index < -0.39 is 0 Å². The van der Waals surface area contributed by atoms with Crippen LogP contribution in [-0.2, 0) is 17.9 Å². The quantitative estimate of drug-likeness (QED) is 0.417. The molecule has 5 aromatic rings. The molecule has 5 rings (SSSR count). The van der Waals surface area contributed by atoms with Crippen LogP contribution in [0.3, 0.4) is 0 Å². The predicted octanol–water partition coefficient (Wildman–Crippen LogP) is 2.04. The Morgan fingerprint density at radius 2 is 2.00 bits per heavy atom. The van der Waals surface area contributed by atoms with E-state index in [2.05, 4.69) is 30.2 Å². The molecule has 0 aliphatic carbocycles. The first kappa shape index (κ1) is 18.2. The third-order valence-electron chi connectivity index (χ3n) is 4.79. The smallest absolute Gasteiger partial charge is 0.242 e. The number of aryl methyl sites for hydroxylation is 1. The summed E-state index contributed by atoms with van der Waals surface area (Å²) in [6.45, 7) is 2.57. The first-order chi connectivity index (χ1) is 14.7. The summed E-state index contributed by atoms with van der Waals surface area (Å²) < 4.78 is 19.8. The molecule has 0 bridgehead atoms. The van der Waals surface area contributed by atoms with Gasteiger partial charge in [-0.3, -0.25) is 0 Å². The number of rotatable bonds is 6. The van der Waals surface area contributed by atoms with Crippen molar-refractivity contribution >= 4 is 16.7 Å². The SMILES string of the molecule is COCc1nnc(Cn2c(C)nc3ncc(-c4ccn5ncnc(OC)c45)cc32)o1. The van der Waals surface area contributed by atoms with Gasteiger partial charge in [-0.15, -0.1) is 10.2 Å². The molecule has 0 aliphatic heterocycles. The molecule has 0 fully saturated rings. The summed E-state index contributed by atoms with van der Waals surface area (Å²) in [5.74, 6) is 2.19. The molecule has 0 spiro atoms. The van der Waals surface area contributed by atoms with Crippen LogP contribution >= 0.6 is 0 Å². The fraction of sp³-hybridized carbons (Fsp3) is 0.263. The number of aromatic nitrogens is 8. The number of imidazole rings is 1. The first-order valence-electron chi connectivity index (χ1n) is 9.17. The maximum atomic E-state index is 5.64. The van der Waals surface area contributed by atoms with Crippen molar-refractivity contribution in [1.29, 1.82) is 0 Å². The largest absolute Gasteiger partial charge is 0.479 e. The highest BCUT2D eigenvalue weighted by atomic mass is 16.5. The Hall–Kier alpha value is -3.86. The van der Waals surface area contributed by atoms with E-state index in [4.69, 9.17) is 13.9 Å². The van der Waals surface area contributed by atoms with Gasteiger partial charge in [0.1, 0.15) is 30.8 Å². The monoisotopic (exact) mass is 406 g/mol. The second kappa shape index (κ2) is 7.19. The van der Waals surface area contributed by atoms with Crippen molar-refractivity contribution in [2.24, 2.45) is 0 Å². The number of fused-ring (bicyclic) bond motifs is 2. The van der Waals surface area contributed by atoms with E-state index in [1.54, 1.807) is 24.9 Å². The fourth-order valence-corrected chi connectivity index (χ4v) is 3.44. The average molecular weight is 406 g/mol. The van der Waals surface area contributed by atoms with E-state index in [0.717, 1.165) is 28.0 Å². The molecule has 11 nitrogen and oxygen atoms in total. The molecule has 0 saturated carbocycles. The minimum absolute atomic E-state index is 0.272. The third kappa shape index (κ3) is 2.95. The van der Waals surface area contributed by atoms with Crippen LogP contribution < -0.4 is 4.74 Å². The van der Waals surface area contributed by atoms with Crippen LogP contribution in [0.4, 0.5) is 0 Å². The Bertz CT molecular complexity index is 1350. The lowest BCUT2D eigenvalue weighted by Gasteiger charge is -2.06. The zero-order chi connectivity index (χ0) is 20.7. The molecule has 0 N–H and O–H groups in total. The molecule has 0 amide bonds. The molecule has 0 aromatic carbocycles. The van der Waals surface area contributed by atoms with E-state index in [1.165, 1.54) is 6.33 Å². The molecular weight excluding hydrogens is 388 g/mol. The van der Waals surface area contributed by atoms with Crippen LogP contribution in [0.15, 0.2) is 35.3 Å². The summed E-state index contributed by atoms with van der Waals surface area (Å²) in [4.78, 5) is 13.3. The summed E-state index contributed by atoms with van der Waals surface area (Å²) in [7, 11) is 3.16. The zero-order valence-electron chi connectivity index (χ0n) is 16.6. The summed E-state index contributed by atoms with van der Waals surface area (Å²) in [6.07, 6.45) is 5.10. The Kier molecular flexibility index (Phi) is 4.36. The topological polar surface area (TPSA) is 118 Å². The molecule has 0 aliphatic rings. The van der Waals surface area contributed by atoms with Gasteiger partial charge < -0.3 is 18.5 Å². The van der Waals surface area contributed by atoms with Gasteiger partial charge in [-0.25, -0.2) is 14.5 Å². The van der Waals surface area contributed by atoms with E-state index in [9.17, 15) is 0 Å². The van der Waals surface area contributed by atoms with Gasteiger partial charge in [0.2, 0.25) is 17.7 Å². The molecule has 11 heteroatoms. The second-order valence-electron chi connectivity index (χ2n) is 6.63. The normalized spacial score (nSPS) is 11.6. The Balaban J connectivity index is 1.60. The molecule has 152 valence electrons. The van der Waals surface area contributed by atoms with Crippen LogP contribution in [0.5, 0.6) is 5.88 Å². The fourth-order valence-electron chi connectivity index (χ4n) is 3.44. The van der Waals surface area contributed by atoms with Crippen molar-refractivity contribution in [3.63, 3.8) is 0 Å². The van der Waals surface area contributed by atoms with E-state index >= 15 is 0 Å². The number of pyridine rings is 1. The van der Waals surface area contributed by atoms with E-state index in [-0.39, 0.29) is 6.61 Å². The molecule has 0 radical (unpaired) electrons. The van der Waals surface area contributed by atoms with Crippen molar-refractivity contribution in [3.8, 4) is 17.0 Å². The van der Waals surface area contributed by atoms with Gasteiger partial charge in [0.25, 0.3) is 0 Å². The standard InChI is InChI=1S/C19H18N8O3/c1-11-23-18-14(26(11)8-15-24-25-16(30-15)9-28-2)6-12(7-20-18)13-4-5-27-17(13)19(29-3)21-10-22-27/h4-7,10H,8-9H2,1-3H3. The minimum Gasteiger partial charge on any atom is -0.479 e. The minimum atomic E-state index is 0.272. The number of hydrogen-bond acceptors (Lipinski definition) is 9. The van der Waals surface area contributed by atoms with Gasteiger partial charge in [-0.1, -0.05) is 0 Å². The predicted molar refractivity (Wildman–Crippen MR) is 105 cm³/mol. The molecule has 5 aromatic heterocycles. The number of methoxy groups -OCH3 is 2. The van der Waals surface area contributed by atoms with E-state index in [1.807, 2.05) is 29.8 Å². The summed E-state index contributed by atoms with van der Waals surface area (Å²) in [5, 5.41) is 12.3. The molecule has 5 heterocycles. The van der Waals surface area contributed by atoms with Gasteiger partial charge in [0.15, 0.2) is 5.65 Å². The summed E-state index contributed by atoms with van der Waals surface area (Å²) >= 11 is 0. The summed E-state index contributed by atoms with van der Waals surface area (Å²) in [5.41, 5.74) is 4.06. The lowest BCUT2D eigenvalue weighted by atomic mass is 10.1. The number of ether oxygens (including phenoxy) is 2. The number of hydrogen-bond donors (Lipinski definition) is 0. The van der Waals surface area contributed by atoms with Crippen molar-refractivity contribution in [3.05, 3.63) is 48.5 Å². The van der Waals surface area contributed by atoms with Crippen molar-refractivity contribution in [1.82, 2.24) is 39.3 Å². The van der Waals surface area contributed by atoms with Gasteiger partial charge in [-0.05, 0) is 19.1 Å². The average Bonchev–Trinajstić information content (AvgIpc) is 3.46. The maximum absolute atomic E-state index is 5.64. The third-order valence-corrected chi connectivity index (χ3v) is 4.79. The second-order valence-corrected chi connectivity index (χ2v) is 6.63. The highest BCUT2D eigenvalue weighted by molar-refractivity contribution is 5.87. The highest BCUT2D eigenvalue weighted by Gasteiger charge is 2.17. The van der Waals surface area contributed by atoms with Crippen LogP contribution in [0.1, 0.15) is 17.6 Å². The van der Waals surface area contributed by atoms with E-state index in [0.29, 0.717) is 29.9 Å². The van der Waals surface area contributed by atoms with Crippen molar-refractivity contribution in [2.45, 2.75) is 20.1 Å². The van der Waals surface area contributed by atoms with Gasteiger partial charge in [-0.2, -0.15) is 10.1 Å². The van der Waals surface area contributed by atoms with Crippen molar-refractivity contribution in [2.75, 3.05) is 14.2 Å². The Morgan fingerprint density at radius 1 is 1.13 bits per heavy atom. The zero-order valence-corrected chi connectivity index (χ0v) is 16.6. The molecule has 0 saturated heterocycles. The summed E-state index contributed by atoms with van der Waals surface area (Å²) in [6, 6.07) is 3.98. The van der Waals surface area contributed by atoms with Crippen molar-refractivity contribution < 1.29 is 13.9 Å². The van der Waals surface area contributed by atoms with Crippen LogP contribution in [0.2, 0.25) is 0 Å². The number of nitrogens with zero attached hydrogens (tertiary/aromatic N) is 8. The maximum Gasteiger partial charge on any atom is 0.242 e. The molecule has 0 unspecified atom stereocenters. The van der Waals surface area contributed by atoms with Gasteiger partial charge >= 0.3 is 0 Å².